The highest BCUT2D eigenvalue weighted by Crippen LogP contribution is 2.40. The summed E-state index contributed by atoms with van der Waals surface area (Å²) in [6.07, 6.45) is 3.67. The van der Waals surface area contributed by atoms with E-state index in [1.54, 1.807) is 0 Å². The molecule has 0 saturated carbocycles. The lowest BCUT2D eigenvalue weighted by Crippen LogP contribution is -2.14. The summed E-state index contributed by atoms with van der Waals surface area (Å²) < 4.78 is 4.49. The molecule has 0 radical (unpaired) electrons. The number of para-hydroxylation sites is 3. The van der Waals surface area contributed by atoms with Crippen molar-refractivity contribution in [1.82, 2.24) is 34.1 Å². The summed E-state index contributed by atoms with van der Waals surface area (Å²) >= 11 is 0. The van der Waals surface area contributed by atoms with Gasteiger partial charge in [-0.2, -0.15) is 9.97 Å². The van der Waals surface area contributed by atoms with E-state index in [0.29, 0.717) is 17.6 Å². The van der Waals surface area contributed by atoms with Gasteiger partial charge < -0.3 is 4.57 Å². The van der Waals surface area contributed by atoms with Crippen LogP contribution in [0.25, 0.3) is 78.3 Å². The van der Waals surface area contributed by atoms with Crippen LogP contribution in [0.4, 0.5) is 0 Å². The molecular formula is C35H21N7. The third-order valence-electron chi connectivity index (χ3n) is 7.88. The van der Waals surface area contributed by atoms with E-state index in [1.807, 2.05) is 73.1 Å². The number of hydrogen-bond acceptors (Lipinski definition) is 5. The zero-order chi connectivity index (χ0) is 27.6. The second-order valence-electron chi connectivity index (χ2n) is 10.2. The van der Waals surface area contributed by atoms with Crippen LogP contribution in [-0.4, -0.2) is 34.1 Å². The fraction of sp³-hybridized carbons (Fsp3) is 0. The van der Waals surface area contributed by atoms with Crippen LogP contribution < -0.4 is 0 Å². The number of hydrogen-bond donors (Lipinski definition) is 0. The molecule has 0 unspecified atom stereocenters. The van der Waals surface area contributed by atoms with Crippen LogP contribution in [0, 0.1) is 0 Å². The number of pyridine rings is 3. The molecule has 2 aliphatic heterocycles. The van der Waals surface area contributed by atoms with Crippen LogP contribution in [0.1, 0.15) is 0 Å². The highest BCUT2D eigenvalue weighted by Gasteiger charge is 2.24. The second-order valence-corrected chi connectivity index (χ2v) is 10.2. The molecule has 7 aromatic rings. The van der Waals surface area contributed by atoms with Gasteiger partial charge in [-0.3, -0.25) is 4.57 Å². The summed E-state index contributed by atoms with van der Waals surface area (Å²) in [6.45, 7) is 0. The van der Waals surface area contributed by atoms with E-state index in [4.69, 9.17) is 15.0 Å². The molecule has 0 bridgehead atoms. The summed E-state index contributed by atoms with van der Waals surface area (Å²) in [7, 11) is 0. The molecule has 42 heavy (non-hydrogen) atoms. The van der Waals surface area contributed by atoms with Crippen LogP contribution in [-0.2, 0) is 0 Å². The molecule has 0 spiro atoms. The van der Waals surface area contributed by atoms with Gasteiger partial charge in [0.1, 0.15) is 0 Å². The summed E-state index contributed by atoms with van der Waals surface area (Å²) in [4.78, 5) is 24.3. The van der Waals surface area contributed by atoms with Gasteiger partial charge in [-0.15, -0.1) is 0 Å². The van der Waals surface area contributed by atoms with Crippen LogP contribution >= 0.6 is 0 Å². The number of nitrogens with zero attached hydrogens (tertiary/aromatic N) is 7. The molecule has 5 heterocycles. The van der Waals surface area contributed by atoms with Crippen molar-refractivity contribution in [3.05, 3.63) is 128 Å². The number of fused-ring (bicyclic) bond motifs is 4. The Labute approximate surface area is 239 Å². The minimum absolute atomic E-state index is 0.559. The van der Waals surface area contributed by atoms with Crippen LogP contribution in [0.2, 0.25) is 0 Å². The lowest BCUT2D eigenvalue weighted by Gasteiger charge is -2.26. The van der Waals surface area contributed by atoms with Gasteiger partial charge in [-0.05, 0) is 35.7 Å². The van der Waals surface area contributed by atoms with Gasteiger partial charge in [-0.1, -0.05) is 84.9 Å². The Kier molecular flexibility index (Phi) is 4.77. The fourth-order valence-corrected chi connectivity index (χ4v) is 6.09. The summed E-state index contributed by atoms with van der Waals surface area (Å²) in [5, 5.41) is 3.27. The smallest absolute Gasteiger partial charge is 0.238 e. The molecule has 0 fully saturated rings. The SMILES string of the molecule is c1ccc(-c2nc(-c3ccccc3)nc(-n3c4cccc5c4-n(c4ccnc6nccc5c64)c4ccccc43)n2)cc1. The topological polar surface area (TPSA) is 74.3 Å². The van der Waals surface area contributed by atoms with Crippen LogP contribution in [0.15, 0.2) is 128 Å². The molecule has 7 nitrogen and oxygen atoms in total. The maximum absolute atomic E-state index is 5.10. The highest BCUT2D eigenvalue weighted by molar-refractivity contribution is 6.19. The average molecular weight is 540 g/mol. The van der Waals surface area contributed by atoms with Gasteiger partial charge in [0.25, 0.3) is 0 Å². The first-order chi connectivity index (χ1) is 20.8. The molecule has 0 atom stereocenters. The maximum atomic E-state index is 5.10. The zero-order valence-electron chi connectivity index (χ0n) is 22.3. The molecule has 3 aromatic heterocycles. The summed E-state index contributed by atoms with van der Waals surface area (Å²) in [6, 6.07) is 39.1. The third kappa shape index (κ3) is 3.25. The van der Waals surface area contributed by atoms with E-state index in [1.165, 1.54) is 0 Å². The minimum Gasteiger partial charge on any atom is -0.305 e. The minimum atomic E-state index is 0.559. The van der Waals surface area contributed by atoms with Crippen molar-refractivity contribution >= 4 is 43.9 Å². The van der Waals surface area contributed by atoms with Crippen molar-refractivity contribution in [1.29, 1.82) is 0 Å². The summed E-state index contributed by atoms with van der Waals surface area (Å²) in [5.74, 6) is 1.80. The van der Waals surface area contributed by atoms with Gasteiger partial charge in [0.05, 0.1) is 33.1 Å². The van der Waals surface area contributed by atoms with E-state index in [9.17, 15) is 0 Å². The van der Waals surface area contributed by atoms with E-state index in [0.717, 1.165) is 60.7 Å². The Morgan fingerprint density at radius 1 is 0.429 bits per heavy atom. The Morgan fingerprint density at radius 3 is 1.71 bits per heavy atom. The number of benzene rings is 4. The predicted molar refractivity (Wildman–Crippen MR) is 166 cm³/mol. The van der Waals surface area contributed by atoms with E-state index in [2.05, 4.69) is 73.7 Å². The van der Waals surface area contributed by atoms with Crippen LogP contribution in [0.3, 0.4) is 0 Å². The van der Waals surface area contributed by atoms with Crippen molar-refractivity contribution < 1.29 is 0 Å². The molecule has 0 saturated heterocycles. The molecule has 4 aromatic carbocycles. The monoisotopic (exact) mass is 539 g/mol. The quantitative estimate of drug-likeness (QED) is 0.170. The van der Waals surface area contributed by atoms with Crippen molar-refractivity contribution in [3.63, 3.8) is 0 Å². The molecule has 196 valence electrons. The first-order valence-electron chi connectivity index (χ1n) is 13.8. The highest BCUT2D eigenvalue weighted by atomic mass is 15.2. The normalized spacial score (nSPS) is 11.8. The Morgan fingerprint density at radius 2 is 1.02 bits per heavy atom. The van der Waals surface area contributed by atoms with Gasteiger partial charge in [0.15, 0.2) is 17.3 Å². The van der Waals surface area contributed by atoms with Crippen LogP contribution in [0.5, 0.6) is 0 Å². The Hall–Kier alpha value is -5.95. The Balaban J connectivity index is 1.48. The largest absolute Gasteiger partial charge is 0.305 e. The molecule has 0 amide bonds. The molecule has 7 heteroatoms. The summed E-state index contributed by atoms with van der Waals surface area (Å²) in [5.41, 5.74) is 7.72. The van der Waals surface area contributed by atoms with Gasteiger partial charge in [0, 0.05) is 28.9 Å². The van der Waals surface area contributed by atoms with E-state index < -0.39 is 0 Å². The van der Waals surface area contributed by atoms with E-state index in [-0.39, 0.29) is 0 Å². The average Bonchev–Trinajstić information content (AvgIpc) is 3.07. The van der Waals surface area contributed by atoms with Crippen molar-refractivity contribution in [2.45, 2.75) is 0 Å². The first-order valence-corrected chi connectivity index (χ1v) is 13.8. The lowest BCUT2D eigenvalue weighted by molar-refractivity contribution is 0.936. The molecule has 0 aliphatic carbocycles. The van der Waals surface area contributed by atoms with Crippen molar-refractivity contribution in [2.24, 2.45) is 0 Å². The molecule has 0 N–H and O–H groups in total. The zero-order valence-corrected chi connectivity index (χ0v) is 22.3. The van der Waals surface area contributed by atoms with Crippen molar-refractivity contribution in [2.75, 3.05) is 0 Å². The standard InChI is InChI=1S/C35H21N7/c1-3-10-22(11-4-1)32-38-33(23-12-5-2-6-13-23)40-35(39-32)42-27-16-8-7-15-26(27)41-28-19-21-37-34-30(28)24(18-20-36-34)25-14-9-17-29(42)31(25)41/h1-21H. The molecular weight excluding hydrogens is 518 g/mol. The van der Waals surface area contributed by atoms with Gasteiger partial charge in [-0.25, -0.2) is 15.0 Å². The molecule has 9 rings (SSSR count). The third-order valence-corrected chi connectivity index (χ3v) is 7.88. The van der Waals surface area contributed by atoms with Crippen molar-refractivity contribution in [3.8, 4) is 34.4 Å². The number of aromatic nitrogens is 7. The number of rotatable bonds is 3. The van der Waals surface area contributed by atoms with Gasteiger partial charge >= 0.3 is 0 Å². The predicted octanol–water partition coefficient (Wildman–Crippen LogP) is 7.63. The first kappa shape index (κ1) is 22.8. The lowest BCUT2D eigenvalue weighted by atomic mass is 10.0. The second kappa shape index (κ2) is 8.78. The van der Waals surface area contributed by atoms with E-state index >= 15 is 0 Å². The Bertz CT molecular complexity index is 2340. The fourth-order valence-electron chi connectivity index (χ4n) is 6.09. The maximum Gasteiger partial charge on any atom is 0.238 e. The van der Waals surface area contributed by atoms with Gasteiger partial charge in [0.2, 0.25) is 5.95 Å². The molecule has 2 aliphatic rings.